The van der Waals surface area contributed by atoms with Gasteiger partial charge in [0.25, 0.3) is 0 Å². The van der Waals surface area contributed by atoms with Crippen LogP contribution in [0, 0.1) is 11.8 Å². The molecule has 0 saturated heterocycles. The summed E-state index contributed by atoms with van der Waals surface area (Å²) in [6, 6.07) is 7.57. The molecule has 2 N–H and O–H groups in total. The summed E-state index contributed by atoms with van der Waals surface area (Å²) in [5.74, 6) is -0.311. The average Bonchev–Trinajstić information content (AvgIpc) is 2.53. The summed E-state index contributed by atoms with van der Waals surface area (Å²) in [5.41, 5.74) is 0.988. The average molecular weight is 291 g/mol. The molecule has 1 aromatic carbocycles. The van der Waals surface area contributed by atoms with E-state index in [0.29, 0.717) is 32.2 Å². The number of amides is 1. The number of rotatable bonds is 5. The molecule has 1 aromatic rings. The van der Waals surface area contributed by atoms with E-state index >= 15 is 0 Å². The van der Waals surface area contributed by atoms with E-state index in [9.17, 15) is 9.59 Å². The molecule has 1 saturated carbocycles. The largest absolute Gasteiger partial charge is 0.497 e. The van der Waals surface area contributed by atoms with Crippen LogP contribution in [0.2, 0.25) is 0 Å². The zero-order valence-corrected chi connectivity index (χ0v) is 12.2. The van der Waals surface area contributed by atoms with E-state index in [0.717, 1.165) is 11.3 Å². The van der Waals surface area contributed by atoms with Gasteiger partial charge in [-0.1, -0.05) is 12.1 Å². The zero-order chi connectivity index (χ0) is 15.2. The number of hydrogen-bond donors (Lipinski definition) is 2. The number of carbonyl (C=O) groups is 2. The number of ether oxygens (including phenoxy) is 1. The molecule has 1 aliphatic rings. The number of carboxylic acids is 1. The molecule has 0 unspecified atom stereocenters. The smallest absolute Gasteiger partial charge is 0.306 e. The highest BCUT2D eigenvalue weighted by molar-refractivity contribution is 5.79. The van der Waals surface area contributed by atoms with Crippen molar-refractivity contribution in [2.45, 2.75) is 32.2 Å². The van der Waals surface area contributed by atoms with Crippen LogP contribution in [0.1, 0.15) is 31.2 Å². The lowest BCUT2D eigenvalue weighted by Crippen LogP contribution is -2.34. The van der Waals surface area contributed by atoms with Crippen LogP contribution in [0.4, 0.5) is 0 Å². The maximum absolute atomic E-state index is 12.1. The number of methoxy groups -OCH3 is 1. The molecule has 0 radical (unpaired) electrons. The van der Waals surface area contributed by atoms with Crippen molar-refractivity contribution in [3.05, 3.63) is 29.8 Å². The van der Waals surface area contributed by atoms with Gasteiger partial charge in [-0.3, -0.25) is 9.59 Å². The van der Waals surface area contributed by atoms with Gasteiger partial charge in [0, 0.05) is 12.5 Å². The molecule has 0 bridgehead atoms. The fraction of sp³-hybridized carbons (Fsp3) is 0.500. The molecule has 1 fully saturated rings. The van der Waals surface area contributed by atoms with Crippen molar-refractivity contribution in [3.63, 3.8) is 0 Å². The minimum absolute atomic E-state index is 0.0154. The summed E-state index contributed by atoms with van der Waals surface area (Å²) in [6.07, 6.45) is 2.49. The van der Waals surface area contributed by atoms with Gasteiger partial charge in [0.15, 0.2) is 0 Å². The summed E-state index contributed by atoms with van der Waals surface area (Å²) in [7, 11) is 1.61. The molecule has 21 heavy (non-hydrogen) atoms. The van der Waals surface area contributed by atoms with Crippen molar-refractivity contribution < 1.29 is 19.4 Å². The first-order valence-corrected chi connectivity index (χ1v) is 7.23. The van der Waals surface area contributed by atoms with E-state index in [1.54, 1.807) is 7.11 Å². The number of carboxylic acid groups (broad SMARTS) is 1. The first-order valence-electron chi connectivity index (χ1n) is 7.23. The van der Waals surface area contributed by atoms with E-state index in [1.807, 2.05) is 24.3 Å². The fourth-order valence-corrected chi connectivity index (χ4v) is 2.72. The summed E-state index contributed by atoms with van der Waals surface area (Å²) in [5, 5.41) is 11.9. The van der Waals surface area contributed by atoms with Crippen molar-refractivity contribution in [1.82, 2.24) is 5.32 Å². The molecule has 0 aliphatic heterocycles. The Labute approximate surface area is 124 Å². The van der Waals surface area contributed by atoms with E-state index in [2.05, 4.69) is 5.32 Å². The summed E-state index contributed by atoms with van der Waals surface area (Å²) >= 11 is 0. The van der Waals surface area contributed by atoms with Crippen LogP contribution in [0.5, 0.6) is 5.75 Å². The highest BCUT2D eigenvalue weighted by Crippen LogP contribution is 2.29. The lowest BCUT2D eigenvalue weighted by atomic mass is 9.81. The molecular formula is C16H21NO4. The summed E-state index contributed by atoms with van der Waals surface area (Å²) in [6.45, 7) is 0.467. The second kappa shape index (κ2) is 7.11. The molecule has 114 valence electrons. The van der Waals surface area contributed by atoms with Crippen molar-refractivity contribution in [2.75, 3.05) is 7.11 Å². The van der Waals surface area contributed by atoms with Gasteiger partial charge in [-0.2, -0.15) is 0 Å². The third kappa shape index (κ3) is 4.21. The van der Waals surface area contributed by atoms with Gasteiger partial charge in [-0.05, 0) is 43.4 Å². The van der Waals surface area contributed by atoms with Crippen LogP contribution in [-0.4, -0.2) is 24.1 Å². The second-order valence-electron chi connectivity index (χ2n) is 5.46. The molecule has 5 heteroatoms. The SMILES string of the molecule is COc1cccc(CNC(=O)C2CCC(C(=O)O)CC2)c1. The van der Waals surface area contributed by atoms with Gasteiger partial charge < -0.3 is 15.2 Å². The minimum Gasteiger partial charge on any atom is -0.497 e. The monoisotopic (exact) mass is 291 g/mol. The van der Waals surface area contributed by atoms with Gasteiger partial charge in [0.05, 0.1) is 13.0 Å². The quantitative estimate of drug-likeness (QED) is 0.872. The highest BCUT2D eigenvalue weighted by atomic mass is 16.5. The molecule has 2 rings (SSSR count). The Morgan fingerprint density at radius 3 is 2.52 bits per heavy atom. The van der Waals surface area contributed by atoms with Crippen molar-refractivity contribution in [3.8, 4) is 5.75 Å². The number of benzene rings is 1. The molecule has 5 nitrogen and oxygen atoms in total. The molecule has 0 heterocycles. The number of aliphatic carboxylic acids is 1. The second-order valence-corrected chi connectivity index (χ2v) is 5.46. The first-order chi connectivity index (χ1) is 10.1. The fourth-order valence-electron chi connectivity index (χ4n) is 2.72. The highest BCUT2D eigenvalue weighted by Gasteiger charge is 2.29. The number of nitrogens with one attached hydrogen (secondary N) is 1. The Kier molecular flexibility index (Phi) is 5.20. The van der Waals surface area contributed by atoms with Crippen molar-refractivity contribution in [2.24, 2.45) is 11.8 Å². The van der Waals surface area contributed by atoms with Crippen molar-refractivity contribution >= 4 is 11.9 Å². The standard InChI is InChI=1S/C16H21NO4/c1-21-14-4-2-3-11(9-14)10-17-15(18)12-5-7-13(8-6-12)16(19)20/h2-4,9,12-13H,5-8,10H2,1H3,(H,17,18)(H,19,20). The van der Waals surface area contributed by atoms with Crippen LogP contribution in [0.3, 0.4) is 0 Å². The van der Waals surface area contributed by atoms with Crippen LogP contribution in [0.15, 0.2) is 24.3 Å². The predicted molar refractivity (Wildman–Crippen MR) is 77.9 cm³/mol. The number of hydrogen-bond acceptors (Lipinski definition) is 3. The van der Waals surface area contributed by atoms with Crippen LogP contribution in [0.25, 0.3) is 0 Å². The van der Waals surface area contributed by atoms with Gasteiger partial charge in [0.2, 0.25) is 5.91 Å². The van der Waals surface area contributed by atoms with Crippen LogP contribution in [-0.2, 0) is 16.1 Å². The molecule has 0 spiro atoms. The van der Waals surface area contributed by atoms with E-state index < -0.39 is 5.97 Å². The van der Waals surface area contributed by atoms with E-state index in [1.165, 1.54) is 0 Å². The third-order valence-electron chi connectivity index (χ3n) is 4.05. The van der Waals surface area contributed by atoms with Gasteiger partial charge in [0.1, 0.15) is 5.75 Å². The lowest BCUT2D eigenvalue weighted by Gasteiger charge is -2.25. The molecule has 1 amide bonds. The molecule has 1 aliphatic carbocycles. The minimum atomic E-state index is -0.745. The van der Waals surface area contributed by atoms with Crippen LogP contribution < -0.4 is 10.1 Å². The lowest BCUT2D eigenvalue weighted by molar-refractivity contribution is -0.144. The molecule has 0 aromatic heterocycles. The summed E-state index contributed by atoms with van der Waals surface area (Å²) < 4.78 is 5.14. The van der Waals surface area contributed by atoms with Gasteiger partial charge in [-0.25, -0.2) is 0 Å². The molecular weight excluding hydrogens is 270 g/mol. The Bertz CT molecular complexity index is 507. The third-order valence-corrected chi connectivity index (χ3v) is 4.05. The Morgan fingerprint density at radius 2 is 1.90 bits per heavy atom. The first kappa shape index (κ1) is 15.4. The van der Waals surface area contributed by atoms with Gasteiger partial charge >= 0.3 is 5.97 Å². The van der Waals surface area contributed by atoms with Gasteiger partial charge in [-0.15, -0.1) is 0 Å². The Balaban J connectivity index is 1.81. The normalized spacial score (nSPS) is 21.6. The summed E-state index contributed by atoms with van der Waals surface area (Å²) in [4.78, 5) is 23.0. The Hall–Kier alpha value is -2.04. The predicted octanol–water partition coefficient (Wildman–Crippen LogP) is 2.20. The zero-order valence-electron chi connectivity index (χ0n) is 12.2. The van der Waals surface area contributed by atoms with Crippen LogP contribution >= 0.6 is 0 Å². The van der Waals surface area contributed by atoms with Crippen molar-refractivity contribution in [1.29, 1.82) is 0 Å². The van der Waals surface area contributed by atoms with E-state index in [4.69, 9.17) is 9.84 Å². The van der Waals surface area contributed by atoms with E-state index in [-0.39, 0.29) is 17.7 Å². The molecule has 0 atom stereocenters. The maximum atomic E-state index is 12.1. The number of carbonyl (C=O) groups excluding carboxylic acids is 1. The maximum Gasteiger partial charge on any atom is 0.306 e. The topological polar surface area (TPSA) is 75.6 Å². The Morgan fingerprint density at radius 1 is 1.24 bits per heavy atom.